The third kappa shape index (κ3) is 16.0. The summed E-state index contributed by atoms with van der Waals surface area (Å²) in [6.07, 6.45) is 4.40. The number of benzene rings is 2. The van der Waals surface area contributed by atoms with E-state index in [4.69, 9.17) is 14.9 Å². The second-order valence-electron chi connectivity index (χ2n) is 10.8. The third-order valence-corrected chi connectivity index (χ3v) is 7.33. The van der Waals surface area contributed by atoms with Crippen LogP contribution in [0, 0.1) is 11.8 Å². The molecule has 12 heteroatoms. The normalized spacial score (nSPS) is 19.2. The summed E-state index contributed by atoms with van der Waals surface area (Å²) in [6, 6.07) is 19.7. The highest BCUT2D eigenvalue weighted by atomic mass is 32.1. The molecule has 3 aliphatic heterocycles. The summed E-state index contributed by atoms with van der Waals surface area (Å²) in [4.78, 5) is 37.9. The number of aliphatic carboxylic acids is 1. The highest BCUT2D eigenvalue weighted by Gasteiger charge is 2.37. The number of amides is 2. The molecule has 0 aliphatic carbocycles. The van der Waals surface area contributed by atoms with Gasteiger partial charge in [0.05, 0.1) is 18.0 Å². The van der Waals surface area contributed by atoms with E-state index >= 15 is 0 Å². The van der Waals surface area contributed by atoms with Crippen molar-refractivity contribution in [2.45, 2.75) is 71.9 Å². The number of carboxylic acid groups (broad SMARTS) is 1. The van der Waals surface area contributed by atoms with Crippen molar-refractivity contribution in [2.24, 2.45) is 11.8 Å². The van der Waals surface area contributed by atoms with Crippen LogP contribution in [0.25, 0.3) is 0 Å². The molecule has 2 aromatic rings. The van der Waals surface area contributed by atoms with Crippen molar-refractivity contribution in [1.29, 1.82) is 0 Å². The van der Waals surface area contributed by atoms with Gasteiger partial charge in [0, 0.05) is 51.7 Å². The van der Waals surface area contributed by atoms with Gasteiger partial charge in [-0.05, 0) is 37.8 Å². The van der Waals surface area contributed by atoms with E-state index in [1.54, 1.807) is 4.90 Å². The molecule has 2 unspecified atom stereocenters. The van der Waals surface area contributed by atoms with Crippen LogP contribution in [0.5, 0.6) is 0 Å². The first-order valence-electron chi connectivity index (χ1n) is 14.8. The predicted octanol–water partition coefficient (Wildman–Crippen LogP) is 5.93. The molecule has 4 atom stereocenters. The van der Waals surface area contributed by atoms with E-state index in [-0.39, 0.29) is 96.8 Å². The monoisotopic (exact) mass is 704 g/mol. The zero-order chi connectivity index (χ0) is 30.2. The van der Waals surface area contributed by atoms with Crippen molar-refractivity contribution in [1.82, 2.24) is 9.80 Å². The van der Waals surface area contributed by atoms with Crippen molar-refractivity contribution in [3.63, 3.8) is 0 Å². The fourth-order valence-electron chi connectivity index (χ4n) is 4.91. The maximum absolute atomic E-state index is 11.8. The predicted molar refractivity (Wildman–Crippen MR) is 202 cm³/mol. The molecule has 2 amide bonds. The number of nitrogens with zero attached hydrogens (tertiary/aromatic N) is 2. The number of likely N-dealkylation sites (tertiary alicyclic amines) is 2. The second kappa shape index (κ2) is 26.3. The lowest BCUT2D eigenvalue weighted by Gasteiger charge is -2.25. The number of aliphatic hydroxyl groups is 1. The average molecular weight is 705 g/mol. The largest absolute Gasteiger partial charge is 0.481 e. The van der Waals surface area contributed by atoms with Gasteiger partial charge in [-0.3, -0.25) is 14.4 Å². The fraction of sp³-hybridized carbons (Fsp3) is 0.545. The Bertz CT molecular complexity index is 1060. The van der Waals surface area contributed by atoms with E-state index in [0.29, 0.717) is 19.5 Å². The van der Waals surface area contributed by atoms with E-state index in [1.807, 2.05) is 79.4 Å². The van der Waals surface area contributed by atoms with Gasteiger partial charge in [-0.1, -0.05) is 80.9 Å². The third-order valence-electron chi connectivity index (χ3n) is 7.33. The Morgan fingerprint density at radius 1 is 0.778 bits per heavy atom. The molecule has 3 saturated heterocycles. The van der Waals surface area contributed by atoms with Crippen LogP contribution < -0.4 is 0 Å². The van der Waals surface area contributed by atoms with Gasteiger partial charge in [-0.2, -0.15) is 54.0 Å². The molecule has 258 valence electrons. The van der Waals surface area contributed by atoms with Crippen LogP contribution in [0.1, 0.15) is 83.0 Å². The van der Waals surface area contributed by atoms with Crippen LogP contribution in [0.4, 0.5) is 0 Å². The fourth-order valence-corrected chi connectivity index (χ4v) is 4.91. The molecular formula is C33H56N2O6S4. The zero-order valence-corrected chi connectivity index (χ0v) is 31.1. The molecule has 3 heterocycles. The maximum Gasteiger partial charge on any atom is 0.308 e. The molecule has 3 aliphatic rings. The Kier molecular flexibility index (Phi) is 27.8. The molecule has 5 rings (SSSR count). The molecule has 8 nitrogen and oxygen atoms in total. The van der Waals surface area contributed by atoms with Gasteiger partial charge in [0.1, 0.15) is 0 Å². The SMILES string of the molecule is C1CCOC1.CCC.C[C@@H](c1ccccc1)N1CC(C(=O)O)CC1=O.C[C@@H](c1ccccc1)N1CC(CO)CC1=O.S.S.S.S. The number of hydrogen-bond donors (Lipinski definition) is 2. The molecule has 0 bridgehead atoms. The summed E-state index contributed by atoms with van der Waals surface area (Å²) in [5, 5.41) is 18.0. The molecule has 45 heavy (non-hydrogen) atoms. The highest BCUT2D eigenvalue weighted by Crippen LogP contribution is 2.29. The average Bonchev–Trinajstić information content (AvgIpc) is 3.77. The molecule has 2 aromatic carbocycles. The first-order chi connectivity index (χ1) is 19.7. The van der Waals surface area contributed by atoms with Crippen molar-refractivity contribution in [3.05, 3.63) is 71.8 Å². The van der Waals surface area contributed by atoms with Gasteiger partial charge in [-0.25, -0.2) is 0 Å². The maximum atomic E-state index is 11.8. The van der Waals surface area contributed by atoms with E-state index in [0.717, 1.165) is 24.3 Å². The Balaban J connectivity index is -0.000000589. The van der Waals surface area contributed by atoms with Crippen molar-refractivity contribution in [3.8, 4) is 0 Å². The minimum atomic E-state index is -0.888. The number of hydrogen-bond acceptors (Lipinski definition) is 5. The molecule has 0 radical (unpaired) electrons. The van der Waals surface area contributed by atoms with E-state index in [1.165, 1.54) is 19.3 Å². The quantitative estimate of drug-likeness (QED) is 0.386. The summed E-state index contributed by atoms with van der Waals surface area (Å²) in [6.45, 7) is 11.3. The lowest BCUT2D eigenvalue weighted by molar-refractivity contribution is -0.141. The Hall–Kier alpha value is -1.83. The van der Waals surface area contributed by atoms with Gasteiger partial charge in [-0.15, -0.1) is 0 Å². The first kappa shape index (κ1) is 47.6. The van der Waals surface area contributed by atoms with Crippen molar-refractivity contribution in [2.75, 3.05) is 32.9 Å². The van der Waals surface area contributed by atoms with E-state index in [9.17, 15) is 14.4 Å². The number of carbonyl (C=O) groups excluding carboxylic acids is 2. The topological polar surface area (TPSA) is 107 Å². The first-order valence-corrected chi connectivity index (χ1v) is 14.8. The molecule has 0 aromatic heterocycles. The number of carboxylic acids is 1. The summed E-state index contributed by atoms with van der Waals surface area (Å²) < 4.78 is 4.94. The smallest absolute Gasteiger partial charge is 0.308 e. The van der Waals surface area contributed by atoms with Gasteiger partial charge < -0.3 is 24.7 Å². The van der Waals surface area contributed by atoms with Gasteiger partial charge in [0.2, 0.25) is 11.8 Å². The number of aliphatic hydroxyl groups excluding tert-OH is 1. The molecule has 3 fully saturated rings. The van der Waals surface area contributed by atoms with Crippen LogP contribution >= 0.6 is 54.0 Å². The van der Waals surface area contributed by atoms with Crippen LogP contribution in [0.2, 0.25) is 0 Å². The summed E-state index contributed by atoms with van der Waals surface area (Å²) in [7, 11) is 0. The lowest BCUT2D eigenvalue weighted by atomic mass is 10.1. The molecule has 0 saturated carbocycles. The van der Waals surface area contributed by atoms with Crippen LogP contribution in [0.15, 0.2) is 60.7 Å². The molecular weight excluding hydrogens is 649 g/mol. The van der Waals surface area contributed by atoms with Gasteiger partial charge in [0.25, 0.3) is 0 Å². The highest BCUT2D eigenvalue weighted by molar-refractivity contribution is 7.59. The van der Waals surface area contributed by atoms with E-state index in [2.05, 4.69) is 13.8 Å². The number of ether oxygens (including phenoxy) is 1. The molecule has 0 spiro atoms. The van der Waals surface area contributed by atoms with Crippen LogP contribution in [0.3, 0.4) is 0 Å². The van der Waals surface area contributed by atoms with Crippen molar-refractivity contribution >= 4 is 71.8 Å². The Labute approximate surface area is 298 Å². The standard InChI is InChI=1S/C13H15NO3.C13H17NO2.C4H8O.C3H8.4H2S/c1-9(10-5-3-2-4-6-10)14-8-11(13(16)17)7-12(14)15;1-10(12-5-3-2-4-6-12)14-8-11(9-15)7-13(14)16;1-2-4-5-3-1;1-3-2;;;;/h2-6,9,11H,7-8H2,1H3,(H,16,17);2-6,10-11,15H,7-9H2,1H3;1-4H2;3H2,1-2H3;4*1H2/t9-,11?;10-,11?;;;;;;/m00....../s1. The molecule has 2 N–H and O–H groups in total. The minimum Gasteiger partial charge on any atom is -0.481 e. The van der Waals surface area contributed by atoms with Gasteiger partial charge >= 0.3 is 5.97 Å². The Morgan fingerprint density at radius 2 is 1.18 bits per heavy atom. The van der Waals surface area contributed by atoms with E-state index < -0.39 is 11.9 Å². The second-order valence-corrected chi connectivity index (χ2v) is 10.8. The lowest BCUT2D eigenvalue weighted by Crippen LogP contribution is -2.29. The van der Waals surface area contributed by atoms with Gasteiger partial charge in [0.15, 0.2) is 0 Å². The summed E-state index contributed by atoms with van der Waals surface area (Å²) in [5.74, 6) is -1.27. The summed E-state index contributed by atoms with van der Waals surface area (Å²) in [5.41, 5.74) is 2.18. The summed E-state index contributed by atoms with van der Waals surface area (Å²) >= 11 is 0. The Morgan fingerprint density at radius 3 is 1.49 bits per heavy atom. The van der Waals surface area contributed by atoms with Crippen LogP contribution in [-0.2, 0) is 19.1 Å². The van der Waals surface area contributed by atoms with Crippen LogP contribution in [-0.4, -0.2) is 70.7 Å². The number of rotatable bonds is 6. The van der Waals surface area contributed by atoms with Crippen molar-refractivity contribution < 1.29 is 29.3 Å². The zero-order valence-electron chi connectivity index (χ0n) is 27.1. The minimum absolute atomic E-state index is 0. The number of carbonyl (C=O) groups is 3.